The number of fused-ring (bicyclic) bond motifs is 1. The van der Waals surface area contributed by atoms with Gasteiger partial charge in [-0.15, -0.1) is 0 Å². The van der Waals surface area contributed by atoms with Gasteiger partial charge in [-0.25, -0.2) is 0 Å². The summed E-state index contributed by atoms with van der Waals surface area (Å²) in [6.45, 7) is 3.95. The molecule has 1 aromatic rings. The lowest BCUT2D eigenvalue weighted by molar-refractivity contribution is -0.127. The number of amides is 1. The van der Waals surface area contributed by atoms with Crippen LogP contribution in [0.25, 0.3) is 0 Å². The summed E-state index contributed by atoms with van der Waals surface area (Å²) in [6, 6.07) is 7.51. The topological polar surface area (TPSA) is 81.6 Å². The number of carbonyl (C=O) groups excluding carboxylic acids is 1. The van der Waals surface area contributed by atoms with Crippen LogP contribution in [0.2, 0.25) is 0 Å². The van der Waals surface area contributed by atoms with E-state index in [4.69, 9.17) is 0 Å². The van der Waals surface area contributed by atoms with E-state index >= 15 is 0 Å². The number of hydrogen-bond acceptors (Lipinski definition) is 4. The van der Waals surface area contributed by atoms with Gasteiger partial charge in [0.25, 0.3) is 0 Å². The van der Waals surface area contributed by atoms with E-state index in [1.807, 2.05) is 38.1 Å². The molecular formula is C16H24N2O3. The Hall–Kier alpha value is -1.43. The van der Waals surface area contributed by atoms with E-state index in [0.29, 0.717) is 13.0 Å². The Morgan fingerprint density at radius 3 is 2.43 bits per heavy atom. The summed E-state index contributed by atoms with van der Waals surface area (Å²) in [7, 11) is 0. The van der Waals surface area contributed by atoms with Crippen molar-refractivity contribution in [2.45, 2.75) is 38.4 Å². The number of aliphatic hydroxyl groups excluding tert-OH is 2. The van der Waals surface area contributed by atoms with Crippen molar-refractivity contribution in [3.05, 3.63) is 35.4 Å². The van der Waals surface area contributed by atoms with Crippen molar-refractivity contribution in [1.82, 2.24) is 10.6 Å². The second-order valence-corrected chi connectivity index (χ2v) is 6.13. The minimum atomic E-state index is -1.02. The second kappa shape index (κ2) is 6.56. The van der Waals surface area contributed by atoms with Gasteiger partial charge in [-0.1, -0.05) is 38.1 Å². The molecule has 0 saturated heterocycles. The van der Waals surface area contributed by atoms with Crippen molar-refractivity contribution >= 4 is 5.91 Å². The van der Waals surface area contributed by atoms with E-state index in [-0.39, 0.29) is 31.1 Å². The Morgan fingerprint density at radius 2 is 1.86 bits per heavy atom. The van der Waals surface area contributed by atoms with Gasteiger partial charge in [-0.2, -0.15) is 0 Å². The fourth-order valence-corrected chi connectivity index (χ4v) is 2.74. The van der Waals surface area contributed by atoms with Crippen molar-refractivity contribution < 1.29 is 15.0 Å². The first kappa shape index (κ1) is 15.9. The van der Waals surface area contributed by atoms with Gasteiger partial charge >= 0.3 is 0 Å². The zero-order chi connectivity index (χ0) is 15.5. The zero-order valence-electron chi connectivity index (χ0n) is 12.6. The summed E-state index contributed by atoms with van der Waals surface area (Å²) in [5.41, 5.74) is 1.09. The van der Waals surface area contributed by atoms with Crippen molar-refractivity contribution in [3.63, 3.8) is 0 Å². The molecule has 1 aromatic carbocycles. The lowest BCUT2D eigenvalue weighted by Crippen LogP contribution is -2.60. The van der Waals surface area contributed by atoms with E-state index < -0.39 is 5.54 Å². The highest BCUT2D eigenvalue weighted by Gasteiger charge is 2.36. The third-order valence-corrected chi connectivity index (χ3v) is 4.10. The van der Waals surface area contributed by atoms with E-state index in [2.05, 4.69) is 10.6 Å². The molecule has 116 valence electrons. The summed E-state index contributed by atoms with van der Waals surface area (Å²) < 4.78 is 0. The highest BCUT2D eigenvalue weighted by molar-refractivity contribution is 5.83. The summed E-state index contributed by atoms with van der Waals surface area (Å²) >= 11 is 0. The number of rotatable bonds is 3. The van der Waals surface area contributed by atoms with Gasteiger partial charge < -0.3 is 20.8 Å². The van der Waals surface area contributed by atoms with Crippen LogP contribution in [0.4, 0.5) is 0 Å². The molecule has 1 unspecified atom stereocenters. The van der Waals surface area contributed by atoms with Gasteiger partial charge in [0, 0.05) is 13.0 Å². The Bertz CT molecular complexity index is 498. The minimum absolute atomic E-state index is 0.116. The number of benzene rings is 1. The van der Waals surface area contributed by atoms with E-state index in [1.54, 1.807) is 0 Å². The molecular weight excluding hydrogens is 268 g/mol. The van der Waals surface area contributed by atoms with Gasteiger partial charge in [0.2, 0.25) is 5.91 Å². The van der Waals surface area contributed by atoms with Crippen molar-refractivity contribution in [3.8, 4) is 0 Å². The van der Waals surface area contributed by atoms with Crippen molar-refractivity contribution in [1.29, 1.82) is 0 Å². The third kappa shape index (κ3) is 3.43. The van der Waals surface area contributed by atoms with E-state index in [9.17, 15) is 15.0 Å². The second-order valence-electron chi connectivity index (χ2n) is 6.13. The lowest BCUT2D eigenvalue weighted by Gasteiger charge is -2.33. The maximum absolute atomic E-state index is 12.4. The zero-order valence-corrected chi connectivity index (χ0v) is 12.6. The van der Waals surface area contributed by atoms with Crippen LogP contribution in [0.1, 0.15) is 25.0 Å². The smallest absolute Gasteiger partial charge is 0.238 e. The van der Waals surface area contributed by atoms with Crippen LogP contribution in [0, 0.1) is 5.92 Å². The first-order valence-electron chi connectivity index (χ1n) is 7.35. The SMILES string of the molecule is CC(C)C1NCc2ccccc2CC(CO)(CO)NC1=O. The van der Waals surface area contributed by atoms with Crippen LogP contribution in [0.5, 0.6) is 0 Å². The average molecular weight is 292 g/mol. The molecule has 0 radical (unpaired) electrons. The summed E-state index contributed by atoms with van der Waals surface area (Å²) in [5.74, 6) is -0.0637. The Morgan fingerprint density at radius 1 is 1.24 bits per heavy atom. The van der Waals surface area contributed by atoms with Crippen molar-refractivity contribution in [2.24, 2.45) is 5.92 Å². The molecule has 1 heterocycles. The molecule has 1 atom stereocenters. The van der Waals surface area contributed by atoms with Crippen molar-refractivity contribution in [2.75, 3.05) is 13.2 Å². The molecule has 4 N–H and O–H groups in total. The maximum atomic E-state index is 12.4. The lowest BCUT2D eigenvalue weighted by atomic mass is 9.89. The predicted octanol–water partition coefficient (Wildman–Crippen LogP) is 0.196. The van der Waals surface area contributed by atoms with Crippen LogP contribution in [0.15, 0.2) is 24.3 Å². The van der Waals surface area contributed by atoms with Gasteiger partial charge in [0.15, 0.2) is 0 Å². The number of nitrogens with one attached hydrogen (secondary N) is 2. The highest BCUT2D eigenvalue weighted by Crippen LogP contribution is 2.20. The van der Waals surface area contributed by atoms with Gasteiger partial charge in [0.1, 0.15) is 0 Å². The van der Waals surface area contributed by atoms with Gasteiger partial charge in [-0.05, 0) is 17.0 Å². The first-order chi connectivity index (χ1) is 10.0. The summed E-state index contributed by atoms with van der Waals surface area (Å²) in [5, 5.41) is 25.6. The Labute approximate surface area is 125 Å². The maximum Gasteiger partial charge on any atom is 0.238 e. The molecule has 0 saturated carbocycles. The minimum Gasteiger partial charge on any atom is -0.394 e. The van der Waals surface area contributed by atoms with E-state index in [0.717, 1.165) is 11.1 Å². The molecule has 1 aliphatic heterocycles. The Balaban J connectivity index is 2.42. The fourth-order valence-electron chi connectivity index (χ4n) is 2.74. The van der Waals surface area contributed by atoms with Crippen LogP contribution in [-0.4, -0.2) is 40.9 Å². The third-order valence-electron chi connectivity index (χ3n) is 4.10. The standard InChI is InChI=1S/C16H24N2O3/c1-11(2)14-15(21)18-16(9-19,10-20)7-12-5-3-4-6-13(12)8-17-14/h3-6,11,14,17,19-20H,7-10H2,1-2H3,(H,18,21). The molecule has 5 heteroatoms. The quantitative estimate of drug-likeness (QED) is 0.641. The first-order valence-corrected chi connectivity index (χ1v) is 7.35. The van der Waals surface area contributed by atoms with Gasteiger partial charge in [-0.3, -0.25) is 4.79 Å². The number of carbonyl (C=O) groups is 1. The monoisotopic (exact) mass is 292 g/mol. The van der Waals surface area contributed by atoms with Crippen LogP contribution >= 0.6 is 0 Å². The predicted molar refractivity (Wildman–Crippen MR) is 80.7 cm³/mol. The molecule has 0 fully saturated rings. The number of aliphatic hydroxyl groups is 2. The Kier molecular flexibility index (Phi) is 4.98. The molecule has 0 aliphatic carbocycles. The molecule has 1 aliphatic rings. The van der Waals surface area contributed by atoms with E-state index in [1.165, 1.54) is 0 Å². The average Bonchev–Trinajstić information content (AvgIpc) is 2.53. The molecule has 1 amide bonds. The van der Waals surface area contributed by atoms with Crippen LogP contribution in [0.3, 0.4) is 0 Å². The molecule has 2 rings (SSSR count). The van der Waals surface area contributed by atoms with Crippen LogP contribution < -0.4 is 10.6 Å². The normalized spacial score (nSPS) is 22.0. The molecule has 0 aromatic heterocycles. The summed E-state index contributed by atoms with van der Waals surface area (Å²) in [6.07, 6.45) is 0.411. The highest BCUT2D eigenvalue weighted by atomic mass is 16.3. The molecule has 5 nitrogen and oxygen atoms in total. The largest absolute Gasteiger partial charge is 0.394 e. The molecule has 0 bridgehead atoms. The molecule has 0 spiro atoms. The molecule has 21 heavy (non-hydrogen) atoms. The summed E-state index contributed by atoms with van der Waals surface area (Å²) in [4.78, 5) is 12.4. The fraction of sp³-hybridized carbons (Fsp3) is 0.562. The van der Waals surface area contributed by atoms with Crippen LogP contribution in [-0.2, 0) is 17.8 Å². The van der Waals surface area contributed by atoms with Gasteiger partial charge in [0.05, 0.1) is 24.8 Å². The number of hydrogen-bond donors (Lipinski definition) is 4.